The average Bonchev–Trinajstić information content (AvgIpc) is 2.24. The van der Waals surface area contributed by atoms with Gasteiger partial charge in [0.15, 0.2) is 4.58 Å². The van der Waals surface area contributed by atoms with Crippen molar-refractivity contribution in [3.8, 4) is 0 Å². The minimum absolute atomic E-state index is 0.601. The fourth-order valence-electron chi connectivity index (χ4n) is 1.53. The maximum Gasteiger partial charge on any atom is 0.498 e. The molecule has 14 heteroatoms. The minimum atomic E-state index is -6.85. The first kappa shape index (κ1) is 21.8. The number of sulfone groups is 2. The van der Waals surface area contributed by atoms with E-state index in [1.54, 1.807) is 0 Å². The van der Waals surface area contributed by atoms with Crippen LogP contribution in [-0.4, -0.2) is 44.0 Å². The summed E-state index contributed by atoms with van der Waals surface area (Å²) in [6.07, 6.45) is -1.98. The number of alkyl halides is 6. The third kappa shape index (κ3) is 4.43. The molecule has 6 nitrogen and oxygen atoms in total. The average molecular weight is 392 g/mol. The Hall–Kier alpha value is -1.18. The quantitative estimate of drug-likeness (QED) is 0.500. The smallest absolute Gasteiger partial charge is 0.299 e. The first-order valence-corrected chi connectivity index (χ1v) is 8.57. The fourth-order valence-corrected chi connectivity index (χ4v) is 5.01. The van der Waals surface area contributed by atoms with Crippen LogP contribution >= 0.6 is 0 Å². The molecule has 0 bridgehead atoms. The van der Waals surface area contributed by atoms with Crippen molar-refractivity contribution < 1.29 is 52.8 Å². The highest BCUT2D eigenvalue weighted by atomic mass is 32.3. The summed E-state index contributed by atoms with van der Waals surface area (Å²) in [6.45, 7) is 1.20. The Morgan fingerprint density at radius 1 is 0.783 bits per heavy atom. The highest BCUT2D eigenvalue weighted by molar-refractivity contribution is 8.09. The largest absolute Gasteiger partial charge is 0.498 e. The predicted octanol–water partition coefficient (Wildman–Crippen LogP) is 1.37. The zero-order chi connectivity index (χ0) is 19.0. The SMILES string of the molecule is CC(=O)C(CC(S(=O)(=O)C(F)(F)F)S(=O)(=O)C(F)(F)F)C(C)=O. The van der Waals surface area contributed by atoms with E-state index in [-0.39, 0.29) is 0 Å². The summed E-state index contributed by atoms with van der Waals surface area (Å²) < 4.78 is 116. The van der Waals surface area contributed by atoms with Gasteiger partial charge in [0.2, 0.25) is 0 Å². The first-order chi connectivity index (χ1) is 9.87. The van der Waals surface area contributed by atoms with Crippen molar-refractivity contribution in [1.82, 2.24) is 0 Å². The Balaban J connectivity index is 6.39. The van der Waals surface area contributed by atoms with Crippen LogP contribution < -0.4 is 0 Å². The molecule has 0 atom stereocenters. The zero-order valence-electron chi connectivity index (χ0n) is 11.4. The monoisotopic (exact) mass is 392 g/mol. The second-order valence-corrected chi connectivity index (χ2v) is 8.96. The van der Waals surface area contributed by atoms with Gasteiger partial charge in [0.25, 0.3) is 19.7 Å². The van der Waals surface area contributed by atoms with E-state index in [0.29, 0.717) is 13.8 Å². The molecule has 0 aromatic carbocycles. The second kappa shape index (κ2) is 6.37. The minimum Gasteiger partial charge on any atom is -0.299 e. The predicted molar refractivity (Wildman–Crippen MR) is 63.2 cm³/mol. The molecule has 0 saturated carbocycles. The number of Topliss-reactive ketones (excluding diaryl/α,β-unsaturated/α-hetero) is 2. The van der Waals surface area contributed by atoms with Crippen LogP contribution in [0.4, 0.5) is 26.3 Å². The van der Waals surface area contributed by atoms with E-state index >= 15 is 0 Å². The molecule has 0 saturated heterocycles. The number of rotatable bonds is 6. The van der Waals surface area contributed by atoms with Crippen molar-refractivity contribution in [2.24, 2.45) is 5.92 Å². The number of halogens is 6. The van der Waals surface area contributed by atoms with Gasteiger partial charge in [-0.15, -0.1) is 0 Å². The Morgan fingerprint density at radius 2 is 1.04 bits per heavy atom. The van der Waals surface area contributed by atoms with Crippen LogP contribution in [0.3, 0.4) is 0 Å². The topological polar surface area (TPSA) is 102 Å². The number of carbonyl (C=O) groups is 2. The molecule has 0 aliphatic rings. The molecule has 0 radical (unpaired) electrons. The molecule has 0 aromatic heterocycles. The Labute approximate surface area is 126 Å². The molecule has 0 aliphatic heterocycles. The summed E-state index contributed by atoms with van der Waals surface area (Å²) in [5, 5.41) is 0. The van der Waals surface area contributed by atoms with E-state index in [9.17, 15) is 52.8 Å². The standard InChI is InChI=1S/C9H10F6O6S2/c1-4(16)6(5(2)17)3-7(22(18,19)8(10,11)12)23(20,21)9(13,14)15/h6-7H,3H2,1-2H3. The van der Waals surface area contributed by atoms with Gasteiger partial charge >= 0.3 is 11.0 Å². The number of hydrogen-bond acceptors (Lipinski definition) is 6. The van der Waals surface area contributed by atoms with Gasteiger partial charge in [-0.1, -0.05) is 0 Å². The van der Waals surface area contributed by atoms with Gasteiger partial charge in [-0.25, -0.2) is 16.8 Å². The lowest BCUT2D eigenvalue weighted by Crippen LogP contribution is -2.46. The fraction of sp³-hybridized carbons (Fsp3) is 0.778. The van der Waals surface area contributed by atoms with Crippen molar-refractivity contribution in [3.05, 3.63) is 0 Å². The number of carbonyl (C=O) groups excluding carboxylic acids is 2. The molecular weight excluding hydrogens is 382 g/mol. The highest BCUT2D eigenvalue weighted by Gasteiger charge is 2.63. The van der Waals surface area contributed by atoms with Crippen molar-refractivity contribution in [3.63, 3.8) is 0 Å². The molecule has 0 aromatic rings. The van der Waals surface area contributed by atoms with E-state index in [0.717, 1.165) is 0 Å². The van der Waals surface area contributed by atoms with Gasteiger partial charge in [-0.3, -0.25) is 9.59 Å². The van der Waals surface area contributed by atoms with Crippen molar-refractivity contribution in [2.45, 2.75) is 35.9 Å². The van der Waals surface area contributed by atoms with Gasteiger partial charge in [-0.2, -0.15) is 26.3 Å². The van der Waals surface area contributed by atoms with E-state index in [4.69, 9.17) is 0 Å². The normalized spacial score (nSPS) is 14.3. The molecule has 0 amide bonds. The Morgan fingerprint density at radius 3 is 1.22 bits per heavy atom. The number of ketones is 2. The van der Waals surface area contributed by atoms with E-state index < -0.39 is 59.2 Å². The van der Waals surface area contributed by atoms with Gasteiger partial charge in [0.1, 0.15) is 11.6 Å². The van der Waals surface area contributed by atoms with E-state index in [2.05, 4.69) is 0 Å². The highest BCUT2D eigenvalue weighted by Crippen LogP contribution is 2.39. The molecule has 0 rings (SSSR count). The molecular formula is C9H10F6O6S2. The summed E-state index contributed by atoms with van der Waals surface area (Å²) in [5.41, 5.74) is -12.7. The summed E-state index contributed by atoms with van der Waals surface area (Å²) >= 11 is 0. The summed E-state index contributed by atoms with van der Waals surface area (Å²) in [6, 6.07) is 0. The zero-order valence-corrected chi connectivity index (χ0v) is 13.0. The van der Waals surface area contributed by atoms with Crippen molar-refractivity contribution in [1.29, 1.82) is 0 Å². The van der Waals surface area contributed by atoms with E-state index in [1.165, 1.54) is 0 Å². The third-order valence-electron chi connectivity index (χ3n) is 2.75. The summed E-state index contributed by atoms with van der Waals surface area (Å²) in [4.78, 5) is 22.2. The van der Waals surface area contributed by atoms with Gasteiger partial charge < -0.3 is 0 Å². The molecule has 23 heavy (non-hydrogen) atoms. The lowest BCUT2D eigenvalue weighted by Gasteiger charge is -2.23. The van der Waals surface area contributed by atoms with E-state index in [1.807, 2.05) is 0 Å². The van der Waals surface area contributed by atoms with Crippen LogP contribution in [0.25, 0.3) is 0 Å². The number of hydrogen-bond donors (Lipinski definition) is 0. The van der Waals surface area contributed by atoms with Crippen LogP contribution in [0.5, 0.6) is 0 Å². The summed E-state index contributed by atoms with van der Waals surface area (Å²) in [5.74, 6) is -4.77. The van der Waals surface area contributed by atoms with Gasteiger partial charge in [0, 0.05) is 0 Å². The molecule has 0 N–H and O–H groups in total. The van der Waals surface area contributed by atoms with Crippen LogP contribution in [0.15, 0.2) is 0 Å². The van der Waals surface area contributed by atoms with Crippen LogP contribution in [0, 0.1) is 5.92 Å². The van der Waals surface area contributed by atoms with Crippen LogP contribution in [-0.2, 0) is 29.3 Å². The van der Waals surface area contributed by atoms with Crippen molar-refractivity contribution in [2.75, 3.05) is 0 Å². The first-order valence-electron chi connectivity index (χ1n) is 5.48. The molecule has 0 fully saturated rings. The molecule has 0 aliphatic carbocycles. The lowest BCUT2D eigenvalue weighted by atomic mass is 9.98. The van der Waals surface area contributed by atoms with Crippen molar-refractivity contribution >= 4 is 31.2 Å². The Kier molecular flexibility index (Phi) is 6.05. The van der Waals surface area contributed by atoms with Crippen LogP contribution in [0.1, 0.15) is 20.3 Å². The maximum atomic E-state index is 12.5. The molecule has 0 heterocycles. The maximum absolute atomic E-state index is 12.5. The van der Waals surface area contributed by atoms with Gasteiger partial charge in [0.05, 0.1) is 5.92 Å². The molecule has 0 spiro atoms. The lowest BCUT2D eigenvalue weighted by molar-refractivity contribution is -0.130. The van der Waals surface area contributed by atoms with Crippen LogP contribution in [0.2, 0.25) is 0 Å². The Bertz CT molecular complexity index is 629. The summed E-state index contributed by atoms with van der Waals surface area (Å²) in [7, 11) is -13.7. The van der Waals surface area contributed by atoms with Gasteiger partial charge in [-0.05, 0) is 20.3 Å². The molecule has 0 unspecified atom stereocenters. The second-order valence-electron chi connectivity index (χ2n) is 4.42. The third-order valence-corrected chi connectivity index (χ3v) is 7.33. The molecule has 136 valence electrons.